The molecule has 18 heavy (non-hydrogen) atoms. The molecule has 0 aromatic heterocycles. The first-order valence-corrected chi connectivity index (χ1v) is 7.83. The molecule has 0 spiro atoms. The Morgan fingerprint density at radius 2 is 1.50 bits per heavy atom. The number of rotatable bonds is 2. The molecular formula is C15H14I2O. The van der Waals surface area contributed by atoms with Gasteiger partial charge in [0.2, 0.25) is 0 Å². The molecule has 2 rings (SSSR count). The van der Waals surface area contributed by atoms with Crippen molar-refractivity contribution < 1.29 is 5.11 Å². The number of halogens is 2. The lowest BCUT2D eigenvalue weighted by Crippen LogP contribution is -2.20. The van der Waals surface area contributed by atoms with Gasteiger partial charge in [-0.05, 0) is 62.4 Å². The Labute approximate surface area is 135 Å². The van der Waals surface area contributed by atoms with E-state index in [1.165, 1.54) is 11.1 Å². The molecule has 0 aliphatic rings. The zero-order valence-electron chi connectivity index (χ0n) is 10.2. The van der Waals surface area contributed by atoms with Crippen molar-refractivity contribution in [1.29, 1.82) is 0 Å². The van der Waals surface area contributed by atoms with Crippen LogP contribution in [0.3, 0.4) is 0 Å². The van der Waals surface area contributed by atoms with Crippen LogP contribution in [0.2, 0.25) is 0 Å². The molecule has 2 aromatic rings. The highest BCUT2D eigenvalue weighted by Gasteiger charge is 2.26. The SMILES string of the molecule is CC(C)(c1ccccc1)c1ccc(O)c(I)c1I. The van der Waals surface area contributed by atoms with Crippen LogP contribution in [0.4, 0.5) is 0 Å². The van der Waals surface area contributed by atoms with E-state index < -0.39 is 0 Å². The molecule has 1 N–H and O–H groups in total. The summed E-state index contributed by atoms with van der Waals surface area (Å²) >= 11 is 4.51. The Morgan fingerprint density at radius 3 is 2.11 bits per heavy atom. The van der Waals surface area contributed by atoms with E-state index in [9.17, 15) is 5.11 Å². The average Bonchev–Trinajstić information content (AvgIpc) is 2.37. The Kier molecular flexibility index (Phi) is 4.21. The van der Waals surface area contributed by atoms with Gasteiger partial charge < -0.3 is 5.11 Å². The number of phenolic OH excluding ortho intramolecular Hbond substituents is 1. The third-order valence-corrected chi connectivity index (χ3v) is 6.48. The van der Waals surface area contributed by atoms with Crippen molar-refractivity contribution in [2.45, 2.75) is 19.3 Å². The first-order chi connectivity index (χ1) is 8.44. The highest BCUT2D eigenvalue weighted by Crippen LogP contribution is 2.38. The number of hydrogen-bond donors (Lipinski definition) is 1. The van der Waals surface area contributed by atoms with Crippen molar-refractivity contribution in [2.24, 2.45) is 0 Å². The van der Waals surface area contributed by atoms with Gasteiger partial charge >= 0.3 is 0 Å². The molecule has 0 fully saturated rings. The van der Waals surface area contributed by atoms with Crippen LogP contribution in [-0.4, -0.2) is 5.11 Å². The van der Waals surface area contributed by atoms with Gasteiger partial charge in [0, 0.05) is 8.99 Å². The summed E-state index contributed by atoms with van der Waals surface area (Å²) in [5, 5.41) is 9.75. The highest BCUT2D eigenvalue weighted by atomic mass is 127. The van der Waals surface area contributed by atoms with Crippen molar-refractivity contribution in [1.82, 2.24) is 0 Å². The molecule has 94 valence electrons. The molecule has 0 heterocycles. The van der Waals surface area contributed by atoms with E-state index in [0.717, 1.165) is 7.14 Å². The maximum absolute atomic E-state index is 9.75. The number of hydrogen-bond acceptors (Lipinski definition) is 1. The second-order valence-corrected chi connectivity index (χ2v) is 6.91. The minimum absolute atomic E-state index is 0.0641. The second kappa shape index (κ2) is 5.36. The summed E-state index contributed by atoms with van der Waals surface area (Å²) in [5.74, 6) is 0.354. The molecule has 0 atom stereocenters. The lowest BCUT2D eigenvalue weighted by molar-refractivity contribution is 0.469. The van der Waals surface area contributed by atoms with Crippen LogP contribution >= 0.6 is 45.2 Å². The predicted octanol–water partition coefficient (Wildman–Crippen LogP) is 4.93. The largest absolute Gasteiger partial charge is 0.507 e. The number of aromatic hydroxyl groups is 1. The molecule has 0 bridgehead atoms. The first-order valence-electron chi connectivity index (χ1n) is 5.67. The van der Waals surface area contributed by atoms with Crippen LogP contribution in [0, 0.1) is 7.14 Å². The van der Waals surface area contributed by atoms with Gasteiger partial charge in [0.05, 0.1) is 3.57 Å². The molecule has 0 saturated heterocycles. The van der Waals surface area contributed by atoms with Crippen molar-refractivity contribution >= 4 is 45.2 Å². The van der Waals surface area contributed by atoms with Gasteiger partial charge in [0.15, 0.2) is 0 Å². The van der Waals surface area contributed by atoms with Crippen LogP contribution < -0.4 is 0 Å². The minimum atomic E-state index is -0.0641. The molecular weight excluding hydrogens is 450 g/mol. The van der Waals surface area contributed by atoms with Crippen molar-refractivity contribution in [3.05, 3.63) is 60.7 Å². The van der Waals surface area contributed by atoms with Gasteiger partial charge in [-0.1, -0.05) is 50.2 Å². The van der Waals surface area contributed by atoms with Gasteiger partial charge in [-0.2, -0.15) is 0 Å². The maximum atomic E-state index is 9.75. The van der Waals surface area contributed by atoms with E-state index in [-0.39, 0.29) is 5.41 Å². The lowest BCUT2D eigenvalue weighted by atomic mass is 9.78. The maximum Gasteiger partial charge on any atom is 0.129 e. The third kappa shape index (κ3) is 2.52. The molecule has 0 radical (unpaired) electrons. The van der Waals surface area contributed by atoms with Crippen LogP contribution in [0.15, 0.2) is 42.5 Å². The van der Waals surface area contributed by atoms with E-state index in [1.54, 1.807) is 6.07 Å². The Hall–Kier alpha value is -0.300. The number of phenols is 1. The topological polar surface area (TPSA) is 20.2 Å². The fourth-order valence-corrected chi connectivity index (χ4v) is 3.63. The van der Waals surface area contributed by atoms with Gasteiger partial charge in [-0.3, -0.25) is 0 Å². The lowest BCUT2D eigenvalue weighted by Gasteiger charge is -2.28. The summed E-state index contributed by atoms with van der Waals surface area (Å²) in [6.45, 7) is 4.43. The van der Waals surface area contributed by atoms with Gasteiger partial charge in [0.25, 0.3) is 0 Å². The van der Waals surface area contributed by atoms with E-state index in [1.807, 2.05) is 12.1 Å². The highest BCUT2D eigenvalue weighted by molar-refractivity contribution is 14.1. The molecule has 3 heteroatoms. The molecule has 1 nitrogen and oxygen atoms in total. The monoisotopic (exact) mass is 464 g/mol. The molecule has 0 saturated carbocycles. The molecule has 2 aromatic carbocycles. The Bertz CT molecular complexity index is 562. The molecule has 0 amide bonds. The molecule has 0 aliphatic heterocycles. The quantitative estimate of drug-likeness (QED) is 0.626. The summed E-state index contributed by atoms with van der Waals surface area (Å²) in [7, 11) is 0. The van der Waals surface area contributed by atoms with E-state index in [4.69, 9.17) is 0 Å². The van der Waals surface area contributed by atoms with Gasteiger partial charge in [0.1, 0.15) is 5.75 Å². The van der Waals surface area contributed by atoms with E-state index in [0.29, 0.717) is 5.75 Å². The van der Waals surface area contributed by atoms with Crippen LogP contribution in [-0.2, 0) is 5.41 Å². The van der Waals surface area contributed by atoms with E-state index in [2.05, 4.69) is 83.3 Å². The summed E-state index contributed by atoms with van der Waals surface area (Å²) in [6, 6.07) is 14.3. The second-order valence-electron chi connectivity index (χ2n) is 4.75. The van der Waals surface area contributed by atoms with Gasteiger partial charge in [-0.25, -0.2) is 0 Å². The molecule has 0 unspecified atom stereocenters. The van der Waals surface area contributed by atoms with E-state index >= 15 is 0 Å². The predicted molar refractivity (Wildman–Crippen MR) is 92.1 cm³/mol. The summed E-state index contributed by atoms with van der Waals surface area (Å²) in [6.07, 6.45) is 0. The van der Waals surface area contributed by atoms with Crippen LogP contribution in [0.25, 0.3) is 0 Å². The number of benzene rings is 2. The van der Waals surface area contributed by atoms with Crippen molar-refractivity contribution in [3.8, 4) is 5.75 Å². The summed E-state index contributed by atoms with van der Waals surface area (Å²) in [4.78, 5) is 0. The minimum Gasteiger partial charge on any atom is -0.507 e. The smallest absolute Gasteiger partial charge is 0.129 e. The first kappa shape index (κ1) is 14.1. The Balaban J connectivity index is 2.58. The molecule has 0 aliphatic carbocycles. The average molecular weight is 464 g/mol. The summed E-state index contributed by atoms with van der Waals surface area (Å²) < 4.78 is 2.05. The third-order valence-electron chi connectivity index (χ3n) is 3.23. The van der Waals surface area contributed by atoms with Crippen LogP contribution in [0.1, 0.15) is 25.0 Å². The van der Waals surface area contributed by atoms with Gasteiger partial charge in [-0.15, -0.1) is 0 Å². The zero-order valence-corrected chi connectivity index (χ0v) is 14.6. The normalized spacial score (nSPS) is 11.6. The van der Waals surface area contributed by atoms with Crippen molar-refractivity contribution in [2.75, 3.05) is 0 Å². The zero-order chi connectivity index (χ0) is 13.3. The van der Waals surface area contributed by atoms with Crippen LogP contribution in [0.5, 0.6) is 5.75 Å². The Morgan fingerprint density at radius 1 is 0.889 bits per heavy atom. The van der Waals surface area contributed by atoms with Crippen molar-refractivity contribution in [3.63, 3.8) is 0 Å². The fraction of sp³-hybridized carbons (Fsp3) is 0.200. The summed E-state index contributed by atoms with van der Waals surface area (Å²) in [5.41, 5.74) is 2.46. The standard InChI is InChI=1S/C15H14I2O/c1-15(2,10-6-4-3-5-7-10)11-8-9-12(18)14(17)13(11)16/h3-9,18H,1-2H3. The fourth-order valence-electron chi connectivity index (χ4n) is 2.03.